The zero-order chi connectivity index (χ0) is 16.1. The van der Waals surface area contributed by atoms with Gasteiger partial charge in [-0.15, -0.1) is 0 Å². The van der Waals surface area contributed by atoms with Crippen molar-refractivity contribution < 1.29 is 9.77 Å². The summed E-state index contributed by atoms with van der Waals surface area (Å²) in [6, 6.07) is 9.86. The second-order valence-electron chi connectivity index (χ2n) is 5.73. The maximum absolute atomic E-state index is 10.9. The van der Waals surface area contributed by atoms with Crippen molar-refractivity contribution in [1.29, 1.82) is 0 Å². The van der Waals surface area contributed by atoms with E-state index >= 15 is 0 Å². The number of guanidine groups is 1. The lowest BCUT2D eigenvalue weighted by Crippen LogP contribution is -2.35. The molecule has 0 N–H and O–H groups in total. The van der Waals surface area contributed by atoms with Crippen LogP contribution in [0.15, 0.2) is 41.6 Å². The predicted octanol–water partition coefficient (Wildman–Crippen LogP) is 1.86. The van der Waals surface area contributed by atoms with E-state index in [0.29, 0.717) is 18.4 Å². The Morgan fingerprint density at radius 1 is 1.35 bits per heavy atom. The fraction of sp³-hybridized carbons (Fsp3) is 0.438. The van der Waals surface area contributed by atoms with Gasteiger partial charge in [0.1, 0.15) is 5.10 Å². The number of benzene rings is 1. The van der Waals surface area contributed by atoms with Crippen molar-refractivity contribution in [1.82, 2.24) is 9.80 Å². The minimum atomic E-state index is -0.623. The molecule has 2 aliphatic heterocycles. The van der Waals surface area contributed by atoms with E-state index < -0.39 is 5.03 Å². The highest BCUT2D eigenvalue weighted by Crippen LogP contribution is 2.18. The number of ether oxygens (including phenoxy) is 1. The van der Waals surface area contributed by atoms with Crippen LogP contribution in [-0.4, -0.2) is 53.6 Å². The number of hydrazone groups is 1. The van der Waals surface area contributed by atoms with Gasteiger partial charge < -0.3 is 14.5 Å². The first-order valence-corrected chi connectivity index (χ1v) is 7.78. The van der Waals surface area contributed by atoms with E-state index in [0.717, 1.165) is 38.3 Å². The summed E-state index contributed by atoms with van der Waals surface area (Å²) in [6.45, 7) is 3.69. The molecular formula is C16H20N4O3. The van der Waals surface area contributed by atoms with Crippen LogP contribution in [0, 0.1) is 16.0 Å². The molecular weight excluding hydrogens is 296 g/mol. The third kappa shape index (κ3) is 4.07. The van der Waals surface area contributed by atoms with Gasteiger partial charge in [-0.2, -0.15) is 0 Å². The number of hydrogen-bond acceptors (Lipinski definition) is 3. The van der Waals surface area contributed by atoms with Crippen molar-refractivity contribution in [3.63, 3.8) is 0 Å². The lowest BCUT2D eigenvalue weighted by atomic mass is 10.1. The van der Waals surface area contributed by atoms with Crippen LogP contribution in [0.5, 0.6) is 0 Å². The molecule has 0 bridgehead atoms. The van der Waals surface area contributed by atoms with Gasteiger partial charge >= 0.3 is 0 Å². The standard InChI is InChI=1S/C16H20N4O3/c21-20(22)17-16-18(8-6-14-4-2-1-3-5-14)9-10-19(16)12-15-7-11-23-13-15/h1-6,8,15H,7,9-13H2. The number of nitrogens with zero attached hydrogens (tertiary/aromatic N) is 4. The van der Waals surface area contributed by atoms with Crippen molar-refractivity contribution in [3.8, 4) is 0 Å². The number of rotatable bonds is 5. The predicted molar refractivity (Wildman–Crippen MR) is 87.1 cm³/mol. The molecule has 1 aromatic carbocycles. The smallest absolute Gasteiger partial charge is 0.278 e. The molecule has 0 amide bonds. The second-order valence-corrected chi connectivity index (χ2v) is 5.73. The van der Waals surface area contributed by atoms with E-state index in [-0.39, 0.29) is 0 Å². The summed E-state index contributed by atoms with van der Waals surface area (Å²) in [5.41, 5.74) is 1.05. The molecule has 2 heterocycles. The Morgan fingerprint density at radius 3 is 2.87 bits per heavy atom. The summed E-state index contributed by atoms with van der Waals surface area (Å²) in [6.07, 6.45) is 4.81. The molecule has 0 aromatic heterocycles. The van der Waals surface area contributed by atoms with E-state index in [1.54, 1.807) is 0 Å². The average Bonchev–Trinajstić information content (AvgIpc) is 3.18. The third-order valence-electron chi connectivity index (χ3n) is 4.07. The lowest BCUT2D eigenvalue weighted by molar-refractivity contribution is -0.486. The van der Waals surface area contributed by atoms with Crippen molar-refractivity contribution in [2.24, 2.45) is 11.0 Å². The quantitative estimate of drug-likeness (QED) is 0.612. The molecule has 1 atom stereocenters. The summed E-state index contributed by atoms with van der Waals surface area (Å²) < 4.78 is 5.39. The zero-order valence-corrected chi connectivity index (χ0v) is 12.9. The summed E-state index contributed by atoms with van der Waals surface area (Å²) in [5.74, 6) is 0.832. The highest BCUT2D eigenvalue weighted by atomic mass is 16.7. The molecule has 23 heavy (non-hydrogen) atoms. The third-order valence-corrected chi connectivity index (χ3v) is 4.07. The largest absolute Gasteiger partial charge is 0.381 e. The highest BCUT2D eigenvalue weighted by Gasteiger charge is 2.31. The first-order valence-electron chi connectivity index (χ1n) is 7.78. The number of nitro groups is 1. The summed E-state index contributed by atoms with van der Waals surface area (Å²) in [5, 5.41) is 13.8. The SMILES string of the molecule is O=[N+]([O-])N=C1N(C=Cc2ccccc2)CCN1CC1CCOC1. The van der Waals surface area contributed by atoms with Gasteiger partial charge in [-0.25, -0.2) is 10.1 Å². The summed E-state index contributed by atoms with van der Waals surface area (Å²) >= 11 is 0. The van der Waals surface area contributed by atoms with Crippen LogP contribution in [0.3, 0.4) is 0 Å². The summed E-state index contributed by atoms with van der Waals surface area (Å²) in [7, 11) is 0. The van der Waals surface area contributed by atoms with Crippen LogP contribution < -0.4 is 0 Å². The van der Waals surface area contributed by atoms with Gasteiger partial charge in [0.15, 0.2) is 5.03 Å². The molecule has 1 unspecified atom stereocenters. The van der Waals surface area contributed by atoms with Crippen molar-refractivity contribution in [2.75, 3.05) is 32.8 Å². The molecule has 2 fully saturated rings. The van der Waals surface area contributed by atoms with E-state index in [4.69, 9.17) is 4.74 Å². The van der Waals surface area contributed by atoms with E-state index in [1.165, 1.54) is 0 Å². The van der Waals surface area contributed by atoms with Crippen molar-refractivity contribution in [3.05, 3.63) is 52.2 Å². The first kappa shape index (κ1) is 15.5. The second kappa shape index (κ2) is 7.23. The molecule has 0 aliphatic carbocycles. The molecule has 0 spiro atoms. The van der Waals surface area contributed by atoms with Crippen LogP contribution in [0.25, 0.3) is 6.08 Å². The average molecular weight is 316 g/mol. The van der Waals surface area contributed by atoms with Crippen LogP contribution in [0.1, 0.15) is 12.0 Å². The normalized spacial score (nSPS) is 23.3. The maximum atomic E-state index is 10.9. The monoisotopic (exact) mass is 316 g/mol. The Labute approximate surface area is 135 Å². The Kier molecular flexibility index (Phi) is 4.87. The Hall–Kier alpha value is -2.41. The van der Waals surface area contributed by atoms with Crippen molar-refractivity contribution in [2.45, 2.75) is 6.42 Å². The van der Waals surface area contributed by atoms with Gasteiger partial charge in [-0.3, -0.25) is 0 Å². The molecule has 0 radical (unpaired) electrons. The van der Waals surface area contributed by atoms with E-state index in [2.05, 4.69) is 5.10 Å². The summed E-state index contributed by atoms with van der Waals surface area (Å²) in [4.78, 5) is 14.7. The van der Waals surface area contributed by atoms with E-state index in [1.807, 2.05) is 52.4 Å². The van der Waals surface area contributed by atoms with Crippen LogP contribution in [0.2, 0.25) is 0 Å². The van der Waals surface area contributed by atoms with Gasteiger partial charge in [0.25, 0.3) is 5.96 Å². The first-order chi connectivity index (χ1) is 11.2. The lowest BCUT2D eigenvalue weighted by Gasteiger charge is -2.21. The molecule has 0 saturated carbocycles. The fourth-order valence-electron chi connectivity index (χ4n) is 2.90. The Balaban J connectivity index is 1.72. The highest BCUT2D eigenvalue weighted by molar-refractivity contribution is 5.83. The molecule has 122 valence electrons. The fourth-order valence-corrected chi connectivity index (χ4v) is 2.90. The molecule has 2 saturated heterocycles. The van der Waals surface area contributed by atoms with Gasteiger partial charge in [-0.1, -0.05) is 30.3 Å². The minimum Gasteiger partial charge on any atom is -0.381 e. The maximum Gasteiger partial charge on any atom is 0.278 e. The Morgan fingerprint density at radius 2 is 2.17 bits per heavy atom. The molecule has 7 nitrogen and oxygen atoms in total. The number of hydrogen-bond donors (Lipinski definition) is 0. The van der Waals surface area contributed by atoms with Crippen LogP contribution in [-0.2, 0) is 4.74 Å². The molecule has 1 aromatic rings. The topological polar surface area (TPSA) is 71.2 Å². The molecule has 7 heteroatoms. The van der Waals surface area contributed by atoms with Gasteiger partial charge in [0.2, 0.25) is 0 Å². The zero-order valence-electron chi connectivity index (χ0n) is 12.9. The van der Waals surface area contributed by atoms with Crippen LogP contribution >= 0.6 is 0 Å². The van der Waals surface area contributed by atoms with Gasteiger partial charge in [-0.05, 0) is 18.1 Å². The minimum absolute atomic E-state index is 0.411. The molecule has 3 rings (SSSR count). The Bertz CT molecular complexity index is 597. The van der Waals surface area contributed by atoms with Crippen molar-refractivity contribution >= 4 is 12.0 Å². The molecule has 2 aliphatic rings. The van der Waals surface area contributed by atoms with Gasteiger partial charge in [0.05, 0.1) is 6.61 Å². The van der Waals surface area contributed by atoms with Crippen LogP contribution in [0.4, 0.5) is 0 Å². The van der Waals surface area contributed by atoms with E-state index in [9.17, 15) is 10.1 Å². The van der Waals surface area contributed by atoms with Gasteiger partial charge in [0, 0.05) is 38.4 Å².